The monoisotopic (exact) mass is 361 g/mol. The number of aromatic amines is 1. The predicted molar refractivity (Wildman–Crippen MR) is 115 cm³/mol. The number of nitrogens with one attached hydrogen (secondary N) is 1. The van der Waals surface area contributed by atoms with E-state index in [2.05, 4.69) is 114 Å². The van der Waals surface area contributed by atoms with E-state index >= 15 is 0 Å². The van der Waals surface area contributed by atoms with E-state index in [1.165, 1.54) is 27.8 Å². The number of aromatic nitrogens is 2. The highest BCUT2D eigenvalue weighted by Gasteiger charge is 2.21. The molecule has 5 aromatic rings. The molecule has 2 nitrogen and oxygen atoms in total. The standard InChI is InChI=1S/C26H20N2/c1-19-8-7-11-22(18-19)26-27-24-12-5-6-13-25(24)28(26)23-16-14-21(15-17-23)20-9-3-2-4-10-20/h2-18H,1H3/p+1. The molecule has 0 aliphatic rings. The molecule has 1 heterocycles. The van der Waals surface area contributed by atoms with Gasteiger partial charge in [-0.3, -0.25) is 0 Å². The average Bonchev–Trinajstić information content (AvgIpc) is 3.14. The summed E-state index contributed by atoms with van der Waals surface area (Å²) in [6.07, 6.45) is 0. The van der Waals surface area contributed by atoms with Gasteiger partial charge in [0, 0.05) is 0 Å². The first kappa shape index (κ1) is 16.5. The molecule has 28 heavy (non-hydrogen) atoms. The van der Waals surface area contributed by atoms with Crippen molar-refractivity contribution in [2.75, 3.05) is 0 Å². The number of hydrogen-bond donors (Lipinski definition) is 1. The van der Waals surface area contributed by atoms with Crippen molar-refractivity contribution < 1.29 is 4.57 Å². The zero-order valence-electron chi connectivity index (χ0n) is 15.8. The summed E-state index contributed by atoms with van der Waals surface area (Å²) in [6, 6.07) is 36.3. The maximum Gasteiger partial charge on any atom is 0.292 e. The van der Waals surface area contributed by atoms with Gasteiger partial charge in [0.25, 0.3) is 5.82 Å². The molecule has 0 bridgehead atoms. The van der Waals surface area contributed by atoms with Crippen LogP contribution in [0.4, 0.5) is 0 Å². The van der Waals surface area contributed by atoms with Gasteiger partial charge in [0.2, 0.25) is 0 Å². The van der Waals surface area contributed by atoms with Gasteiger partial charge in [0.05, 0.1) is 5.56 Å². The number of benzene rings is 4. The largest absolute Gasteiger partial charge is 0.292 e. The molecule has 0 radical (unpaired) electrons. The fourth-order valence-electron chi connectivity index (χ4n) is 3.77. The summed E-state index contributed by atoms with van der Waals surface area (Å²) in [4.78, 5) is 3.62. The van der Waals surface area contributed by atoms with E-state index < -0.39 is 0 Å². The van der Waals surface area contributed by atoms with Crippen molar-refractivity contribution >= 4 is 11.0 Å². The van der Waals surface area contributed by atoms with Crippen LogP contribution in [0, 0.1) is 6.92 Å². The van der Waals surface area contributed by atoms with E-state index in [-0.39, 0.29) is 0 Å². The van der Waals surface area contributed by atoms with E-state index in [4.69, 9.17) is 0 Å². The zero-order chi connectivity index (χ0) is 18.9. The molecule has 1 N–H and O–H groups in total. The van der Waals surface area contributed by atoms with Crippen LogP contribution in [0.2, 0.25) is 0 Å². The highest BCUT2D eigenvalue weighted by atomic mass is 15.1. The van der Waals surface area contributed by atoms with E-state index in [0.717, 1.165) is 17.0 Å². The Kier molecular flexibility index (Phi) is 4.02. The Labute approximate surface area is 164 Å². The molecule has 134 valence electrons. The normalized spacial score (nSPS) is 11.0. The number of imidazole rings is 1. The molecule has 5 rings (SSSR count). The van der Waals surface area contributed by atoms with Gasteiger partial charge in [-0.25, -0.2) is 4.98 Å². The molecule has 0 unspecified atom stereocenters. The zero-order valence-corrected chi connectivity index (χ0v) is 15.8. The Morgan fingerprint density at radius 1 is 0.607 bits per heavy atom. The third kappa shape index (κ3) is 2.89. The van der Waals surface area contributed by atoms with Crippen molar-refractivity contribution in [3.8, 4) is 28.2 Å². The van der Waals surface area contributed by atoms with Crippen molar-refractivity contribution in [3.63, 3.8) is 0 Å². The topological polar surface area (TPSA) is 19.7 Å². The van der Waals surface area contributed by atoms with E-state index in [0.29, 0.717) is 0 Å². The summed E-state index contributed by atoms with van der Waals surface area (Å²) in [5.41, 5.74) is 8.34. The molecule has 0 saturated heterocycles. The van der Waals surface area contributed by atoms with Crippen LogP contribution in [0.3, 0.4) is 0 Å². The van der Waals surface area contributed by atoms with Gasteiger partial charge >= 0.3 is 0 Å². The van der Waals surface area contributed by atoms with Gasteiger partial charge in [-0.1, -0.05) is 72.3 Å². The third-order valence-electron chi connectivity index (χ3n) is 5.15. The van der Waals surface area contributed by atoms with Gasteiger partial charge in [-0.15, -0.1) is 0 Å². The van der Waals surface area contributed by atoms with Crippen molar-refractivity contribution in [2.24, 2.45) is 0 Å². The van der Waals surface area contributed by atoms with Crippen LogP contribution in [0.25, 0.3) is 39.2 Å². The highest BCUT2D eigenvalue weighted by Crippen LogP contribution is 2.24. The molecule has 2 heteroatoms. The molecule has 0 spiro atoms. The van der Waals surface area contributed by atoms with E-state index in [1.807, 2.05) is 6.07 Å². The second kappa shape index (κ2) is 6.82. The predicted octanol–water partition coefficient (Wildman–Crippen LogP) is 6.09. The molecular formula is C26H21N2+. The van der Waals surface area contributed by atoms with Crippen LogP contribution in [0.5, 0.6) is 0 Å². The van der Waals surface area contributed by atoms with Crippen LogP contribution in [-0.2, 0) is 0 Å². The Balaban J connectivity index is 1.69. The molecule has 0 fully saturated rings. The SMILES string of the molecule is Cc1cccc(-c2[nH]c3ccccc3[n+]2-c2ccc(-c3ccccc3)cc2)c1. The van der Waals surface area contributed by atoms with Gasteiger partial charge in [0.1, 0.15) is 5.69 Å². The maximum absolute atomic E-state index is 3.62. The number of fused-ring (bicyclic) bond motifs is 1. The highest BCUT2D eigenvalue weighted by molar-refractivity contribution is 5.76. The van der Waals surface area contributed by atoms with Gasteiger partial charge in [0.15, 0.2) is 11.0 Å². The second-order valence-electron chi connectivity index (χ2n) is 7.11. The van der Waals surface area contributed by atoms with Crippen LogP contribution in [-0.4, -0.2) is 4.98 Å². The molecule has 1 aromatic heterocycles. The molecule has 0 aliphatic carbocycles. The molecular weight excluding hydrogens is 340 g/mol. The van der Waals surface area contributed by atoms with Crippen molar-refractivity contribution in [2.45, 2.75) is 6.92 Å². The van der Waals surface area contributed by atoms with Crippen molar-refractivity contribution in [1.82, 2.24) is 4.98 Å². The minimum Gasteiger partial charge on any atom is -0.236 e. The van der Waals surface area contributed by atoms with Crippen molar-refractivity contribution in [3.05, 3.63) is 109 Å². The van der Waals surface area contributed by atoms with Crippen LogP contribution < -0.4 is 4.57 Å². The Morgan fingerprint density at radius 2 is 1.29 bits per heavy atom. The number of nitrogens with zero attached hydrogens (tertiary/aromatic N) is 1. The summed E-state index contributed by atoms with van der Waals surface area (Å²) >= 11 is 0. The number of hydrogen-bond acceptors (Lipinski definition) is 0. The Hall–Kier alpha value is -3.65. The van der Waals surface area contributed by atoms with E-state index in [9.17, 15) is 0 Å². The molecule has 0 aliphatic heterocycles. The smallest absolute Gasteiger partial charge is 0.236 e. The summed E-state index contributed by atoms with van der Waals surface area (Å²) < 4.78 is 2.30. The molecule has 0 saturated carbocycles. The van der Waals surface area contributed by atoms with Gasteiger partial charge in [-0.05, 0) is 54.4 Å². The molecule has 0 atom stereocenters. The van der Waals surface area contributed by atoms with Crippen LogP contribution >= 0.6 is 0 Å². The summed E-state index contributed by atoms with van der Waals surface area (Å²) in [7, 11) is 0. The maximum atomic E-state index is 3.62. The van der Waals surface area contributed by atoms with Crippen LogP contribution in [0.1, 0.15) is 5.56 Å². The first-order valence-corrected chi connectivity index (χ1v) is 9.55. The Morgan fingerprint density at radius 3 is 2.07 bits per heavy atom. The lowest BCUT2D eigenvalue weighted by molar-refractivity contribution is -0.554. The average molecular weight is 361 g/mol. The summed E-state index contributed by atoms with van der Waals surface area (Å²) in [5, 5.41) is 0. The number of H-pyrrole nitrogens is 1. The quantitative estimate of drug-likeness (QED) is 0.375. The third-order valence-corrected chi connectivity index (χ3v) is 5.15. The van der Waals surface area contributed by atoms with Gasteiger partial charge in [-0.2, -0.15) is 4.57 Å². The molecule has 0 amide bonds. The molecule has 4 aromatic carbocycles. The fraction of sp³-hybridized carbons (Fsp3) is 0.0385. The lowest BCUT2D eigenvalue weighted by atomic mass is 10.1. The second-order valence-corrected chi connectivity index (χ2v) is 7.11. The first-order valence-electron chi connectivity index (χ1n) is 9.55. The first-order chi connectivity index (χ1) is 13.8. The minimum absolute atomic E-state index is 1.09. The minimum atomic E-state index is 1.09. The van der Waals surface area contributed by atoms with Gasteiger partial charge < -0.3 is 0 Å². The lowest BCUT2D eigenvalue weighted by Crippen LogP contribution is -2.31. The number of rotatable bonds is 3. The summed E-state index contributed by atoms with van der Waals surface area (Å²) in [6.45, 7) is 2.13. The Bertz CT molecular complexity index is 1250. The van der Waals surface area contributed by atoms with Crippen molar-refractivity contribution in [1.29, 1.82) is 0 Å². The number of aryl methyl sites for hydroxylation is 1. The van der Waals surface area contributed by atoms with Crippen LogP contribution in [0.15, 0.2) is 103 Å². The summed E-state index contributed by atoms with van der Waals surface area (Å²) in [5.74, 6) is 1.09. The number of para-hydroxylation sites is 2. The lowest BCUT2D eigenvalue weighted by Gasteiger charge is -2.05. The van der Waals surface area contributed by atoms with E-state index in [1.54, 1.807) is 0 Å². The fourth-order valence-corrected chi connectivity index (χ4v) is 3.77.